The number of aromatic nitrogens is 1. The first-order chi connectivity index (χ1) is 11.9. The highest BCUT2D eigenvalue weighted by Crippen LogP contribution is 2.31. The Balaban J connectivity index is 1.80. The minimum absolute atomic E-state index is 0.156. The van der Waals surface area contributed by atoms with Gasteiger partial charge in [0.05, 0.1) is 10.7 Å². The van der Waals surface area contributed by atoms with Gasteiger partial charge in [-0.2, -0.15) is 0 Å². The number of nitrogens with two attached hydrogens (primary N) is 1. The number of nitrogens with zero attached hydrogens (tertiary/aromatic N) is 1. The number of rotatable bonds is 4. The minimum Gasteiger partial charge on any atom is -0.382 e. The Bertz CT molecular complexity index is 905. The van der Waals surface area contributed by atoms with Crippen molar-refractivity contribution in [2.75, 3.05) is 16.4 Å². The number of aryl methyl sites for hydroxylation is 1. The maximum absolute atomic E-state index is 12.5. The van der Waals surface area contributed by atoms with Gasteiger partial charge in [-0.25, -0.2) is 4.98 Å². The smallest absolute Gasteiger partial charge is 0.269 e. The minimum atomic E-state index is -0.352. The molecule has 0 unspecified atom stereocenters. The van der Waals surface area contributed by atoms with E-state index in [1.807, 2.05) is 31.2 Å². The van der Waals surface area contributed by atoms with Gasteiger partial charge >= 0.3 is 0 Å². The van der Waals surface area contributed by atoms with E-state index in [1.54, 1.807) is 18.2 Å². The molecule has 0 radical (unpaired) electrons. The van der Waals surface area contributed by atoms with Crippen LogP contribution >= 0.6 is 34.5 Å². The maximum Gasteiger partial charge on any atom is 0.269 e. The molecule has 0 bridgehead atoms. The monoisotopic (exact) mass is 392 g/mol. The molecule has 8 heteroatoms. The third-order valence-electron chi connectivity index (χ3n) is 3.42. The molecule has 0 aliphatic rings. The lowest BCUT2D eigenvalue weighted by Gasteiger charge is -2.09. The van der Waals surface area contributed by atoms with Crippen LogP contribution in [-0.2, 0) is 0 Å². The topological polar surface area (TPSA) is 80.0 Å². The standard InChI is InChI=1S/C17H14Cl2N4OS/c1-9-3-2-4-12(19)13(9)22-16(24)14-15(20)23-17(25-14)21-11-7-5-10(18)6-8-11/h2-8H,20H2,1H3,(H,21,23)(H,22,24). The highest BCUT2D eigenvalue weighted by molar-refractivity contribution is 7.18. The molecule has 1 aromatic heterocycles. The lowest BCUT2D eigenvalue weighted by atomic mass is 10.2. The van der Waals surface area contributed by atoms with Gasteiger partial charge in [0, 0.05) is 10.7 Å². The van der Waals surface area contributed by atoms with E-state index in [9.17, 15) is 4.79 Å². The zero-order chi connectivity index (χ0) is 18.0. The van der Waals surface area contributed by atoms with E-state index < -0.39 is 0 Å². The normalized spacial score (nSPS) is 10.5. The van der Waals surface area contributed by atoms with Gasteiger partial charge in [0.2, 0.25) is 0 Å². The van der Waals surface area contributed by atoms with E-state index in [0.717, 1.165) is 22.6 Å². The maximum atomic E-state index is 12.5. The lowest BCUT2D eigenvalue weighted by Crippen LogP contribution is -2.13. The van der Waals surface area contributed by atoms with Gasteiger partial charge in [-0.1, -0.05) is 46.7 Å². The Labute approximate surface area is 158 Å². The number of amides is 1. The van der Waals surface area contributed by atoms with Crippen LogP contribution in [0.15, 0.2) is 42.5 Å². The molecule has 1 heterocycles. The molecule has 4 N–H and O–H groups in total. The number of halogens is 2. The predicted molar refractivity (Wildman–Crippen MR) is 105 cm³/mol. The van der Waals surface area contributed by atoms with E-state index in [1.165, 1.54) is 0 Å². The number of carbonyl (C=O) groups is 1. The summed E-state index contributed by atoms with van der Waals surface area (Å²) < 4.78 is 0. The van der Waals surface area contributed by atoms with Crippen LogP contribution in [0.5, 0.6) is 0 Å². The fourth-order valence-electron chi connectivity index (χ4n) is 2.17. The summed E-state index contributed by atoms with van der Waals surface area (Å²) in [6.07, 6.45) is 0. The number of para-hydroxylation sites is 1. The van der Waals surface area contributed by atoms with Crippen molar-refractivity contribution in [3.05, 3.63) is 63.0 Å². The summed E-state index contributed by atoms with van der Waals surface area (Å²) in [7, 11) is 0. The highest BCUT2D eigenvalue weighted by atomic mass is 35.5. The van der Waals surface area contributed by atoms with Gasteiger partial charge in [0.25, 0.3) is 5.91 Å². The fraction of sp³-hybridized carbons (Fsp3) is 0.0588. The number of nitrogen functional groups attached to an aromatic ring is 1. The molecule has 0 atom stereocenters. The Morgan fingerprint density at radius 1 is 1.16 bits per heavy atom. The first kappa shape index (κ1) is 17.5. The summed E-state index contributed by atoms with van der Waals surface area (Å²) in [5, 5.41) is 7.51. The van der Waals surface area contributed by atoms with Crippen molar-refractivity contribution in [2.45, 2.75) is 6.92 Å². The number of hydrogen-bond donors (Lipinski definition) is 3. The van der Waals surface area contributed by atoms with Gasteiger partial charge in [-0.3, -0.25) is 4.79 Å². The predicted octanol–water partition coefficient (Wildman–Crippen LogP) is 5.34. The molecule has 3 aromatic rings. The second kappa shape index (κ2) is 7.31. The molecule has 3 rings (SSSR count). The summed E-state index contributed by atoms with van der Waals surface area (Å²) in [6.45, 7) is 1.87. The molecule has 0 saturated heterocycles. The van der Waals surface area contributed by atoms with Crippen LogP contribution in [-0.4, -0.2) is 10.9 Å². The molecule has 5 nitrogen and oxygen atoms in total. The molecular formula is C17H14Cl2N4OS. The highest BCUT2D eigenvalue weighted by Gasteiger charge is 2.18. The van der Waals surface area contributed by atoms with Crippen LogP contribution < -0.4 is 16.4 Å². The zero-order valence-electron chi connectivity index (χ0n) is 13.1. The number of nitrogens with one attached hydrogen (secondary N) is 2. The van der Waals surface area contributed by atoms with Crippen molar-refractivity contribution in [1.29, 1.82) is 0 Å². The van der Waals surface area contributed by atoms with E-state index in [0.29, 0.717) is 25.7 Å². The van der Waals surface area contributed by atoms with Gasteiger partial charge in [-0.15, -0.1) is 0 Å². The van der Waals surface area contributed by atoms with Crippen LogP contribution in [0.1, 0.15) is 15.2 Å². The van der Waals surface area contributed by atoms with Gasteiger partial charge in [-0.05, 0) is 42.8 Å². The van der Waals surface area contributed by atoms with E-state index in [2.05, 4.69) is 15.6 Å². The van der Waals surface area contributed by atoms with Gasteiger partial charge in [0.1, 0.15) is 10.7 Å². The van der Waals surface area contributed by atoms with Crippen LogP contribution in [0, 0.1) is 6.92 Å². The van der Waals surface area contributed by atoms with E-state index >= 15 is 0 Å². The van der Waals surface area contributed by atoms with E-state index in [4.69, 9.17) is 28.9 Å². The number of hydrogen-bond acceptors (Lipinski definition) is 5. The molecule has 0 saturated carbocycles. The molecule has 1 amide bonds. The molecule has 0 fully saturated rings. The SMILES string of the molecule is Cc1cccc(Cl)c1NC(=O)c1sc(Nc2ccc(Cl)cc2)nc1N. The number of carbonyl (C=O) groups excluding carboxylic acids is 1. The molecule has 25 heavy (non-hydrogen) atoms. The fourth-order valence-corrected chi connectivity index (χ4v) is 3.36. The van der Waals surface area contributed by atoms with Crippen LogP contribution in [0.3, 0.4) is 0 Å². The summed E-state index contributed by atoms with van der Waals surface area (Å²) in [6, 6.07) is 12.5. The second-order valence-corrected chi connectivity index (χ2v) is 7.09. The molecule has 0 aliphatic heterocycles. The Kier molecular flexibility index (Phi) is 5.13. The van der Waals surface area contributed by atoms with Crippen molar-refractivity contribution in [2.24, 2.45) is 0 Å². The van der Waals surface area contributed by atoms with Crippen LogP contribution in [0.25, 0.3) is 0 Å². The largest absolute Gasteiger partial charge is 0.382 e. The van der Waals surface area contributed by atoms with E-state index in [-0.39, 0.29) is 11.7 Å². The van der Waals surface area contributed by atoms with Crippen molar-refractivity contribution in [1.82, 2.24) is 4.98 Å². The summed E-state index contributed by atoms with van der Waals surface area (Å²) in [5.74, 6) is -0.195. The summed E-state index contributed by atoms with van der Waals surface area (Å²) in [5.41, 5.74) is 8.12. The third-order valence-corrected chi connectivity index (χ3v) is 4.97. The quantitative estimate of drug-likeness (QED) is 0.559. The molecular weight excluding hydrogens is 379 g/mol. The lowest BCUT2D eigenvalue weighted by molar-refractivity contribution is 0.103. The second-order valence-electron chi connectivity index (χ2n) is 5.25. The first-order valence-corrected chi connectivity index (χ1v) is 8.86. The average molecular weight is 393 g/mol. The Hall–Kier alpha value is -2.28. The van der Waals surface area contributed by atoms with Crippen molar-refractivity contribution < 1.29 is 4.79 Å². The van der Waals surface area contributed by atoms with Gasteiger partial charge < -0.3 is 16.4 Å². The van der Waals surface area contributed by atoms with Crippen LogP contribution in [0.4, 0.5) is 22.3 Å². The van der Waals surface area contributed by atoms with Crippen LogP contribution in [0.2, 0.25) is 10.0 Å². The average Bonchev–Trinajstić information content (AvgIpc) is 2.94. The zero-order valence-corrected chi connectivity index (χ0v) is 15.5. The third kappa shape index (κ3) is 4.04. The molecule has 2 aromatic carbocycles. The Morgan fingerprint density at radius 2 is 1.88 bits per heavy atom. The molecule has 128 valence electrons. The number of anilines is 4. The number of thiazole rings is 1. The molecule has 0 spiro atoms. The molecule has 0 aliphatic carbocycles. The number of benzene rings is 2. The van der Waals surface area contributed by atoms with Crippen molar-refractivity contribution >= 4 is 62.8 Å². The van der Waals surface area contributed by atoms with Gasteiger partial charge in [0.15, 0.2) is 5.13 Å². The van der Waals surface area contributed by atoms with Crippen molar-refractivity contribution in [3.63, 3.8) is 0 Å². The van der Waals surface area contributed by atoms with Crippen molar-refractivity contribution in [3.8, 4) is 0 Å². The first-order valence-electron chi connectivity index (χ1n) is 7.29. The summed E-state index contributed by atoms with van der Waals surface area (Å²) in [4.78, 5) is 17.0. The Morgan fingerprint density at radius 3 is 2.56 bits per heavy atom. The summed E-state index contributed by atoms with van der Waals surface area (Å²) >= 11 is 13.2.